The first-order valence-corrected chi connectivity index (χ1v) is 11.6. The van der Waals surface area contributed by atoms with E-state index in [2.05, 4.69) is 45.9 Å². The van der Waals surface area contributed by atoms with Crippen LogP contribution in [0, 0.1) is 19.3 Å². The zero-order valence-electron chi connectivity index (χ0n) is 18.7. The maximum Gasteiger partial charge on any atom is 0.283 e. The van der Waals surface area contributed by atoms with Crippen molar-refractivity contribution in [1.29, 1.82) is 5.41 Å². The first kappa shape index (κ1) is 21.2. The molecule has 7 heteroatoms. The van der Waals surface area contributed by atoms with Crippen molar-refractivity contribution in [2.24, 2.45) is 10.1 Å². The van der Waals surface area contributed by atoms with Crippen molar-refractivity contribution in [3.63, 3.8) is 0 Å². The highest BCUT2D eigenvalue weighted by Crippen LogP contribution is 2.31. The Morgan fingerprint density at radius 1 is 1.06 bits per heavy atom. The molecule has 0 radical (unpaired) electrons. The number of nitrogens with zero attached hydrogens (tertiary/aromatic N) is 4. The molecule has 0 saturated carbocycles. The Bertz CT molecular complexity index is 1360. The molecule has 1 N–H and O–H groups in total. The molecule has 3 heterocycles. The predicted octanol–water partition coefficient (Wildman–Crippen LogP) is 5.32. The van der Waals surface area contributed by atoms with Crippen LogP contribution in [0.1, 0.15) is 35.0 Å². The van der Waals surface area contributed by atoms with Crippen LogP contribution >= 0.6 is 11.8 Å². The molecule has 3 aromatic rings. The van der Waals surface area contributed by atoms with Gasteiger partial charge in [-0.2, -0.15) is 15.1 Å². The Labute approximate surface area is 196 Å². The zero-order valence-corrected chi connectivity index (χ0v) is 19.5. The summed E-state index contributed by atoms with van der Waals surface area (Å²) in [6.45, 7) is 6.21. The number of nitrogens with one attached hydrogen (secondary N) is 1. The van der Waals surface area contributed by atoms with E-state index in [1.165, 1.54) is 22.3 Å². The number of aromatic nitrogens is 1. The van der Waals surface area contributed by atoms with Crippen LogP contribution in [0.5, 0.6) is 0 Å². The molecule has 0 saturated heterocycles. The third-order valence-corrected chi connectivity index (χ3v) is 6.81. The molecular weight excluding hydrogens is 430 g/mol. The number of amides is 1. The second kappa shape index (κ2) is 8.33. The quantitative estimate of drug-likeness (QED) is 0.543. The molecule has 6 nitrogen and oxygen atoms in total. The molecule has 2 aromatic carbocycles. The van der Waals surface area contributed by atoms with Gasteiger partial charge in [-0.1, -0.05) is 49.4 Å². The molecule has 0 spiro atoms. The number of rotatable bonds is 4. The number of amidine groups is 2. The van der Waals surface area contributed by atoms with Gasteiger partial charge in [0.1, 0.15) is 5.04 Å². The average molecular weight is 454 g/mol. The van der Waals surface area contributed by atoms with Crippen molar-refractivity contribution in [3.05, 3.63) is 94.3 Å². The smallest absolute Gasteiger partial charge is 0.283 e. The van der Waals surface area contributed by atoms with Crippen LogP contribution in [-0.4, -0.2) is 31.5 Å². The zero-order chi connectivity index (χ0) is 23.1. The molecule has 2 aliphatic heterocycles. The van der Waals surface area contributed by atoms with Gasteiger partial charge >= 0.3 is 0 Å². The highest BCUT2D eigenvalue weighted by molar-refractivity contribution is 8.27. The summed E-state index contributed by atoms with van der Waals surface area (Å²) in [5, 5.41) is 15.8. The van der Waals surface area contributed by atoms with Gasteiger partial charge in [0, 0.05) is 22.6 Å². The van der Waals surface area contributed by atoms with E-state index in [0.717, 1.165) is 39.7 Å². The molecule has 1 aromatic heterocycles. The maximum atomic E-state index is 12.8. The number of hydrogen-bond acceptors (Lipinski definition) is 4. The maximum absolute atomic E-state index is 12.8. The summed E-state index contributed by atoms with van der Waals surface area (Å²) < 4.78 is 2.16. The fraction of sp³-hybridized carbons (Fsp3) is 0.154. The molecule has 0 atom stereocenters. The lowest BCUT2D eigenvalue weighted by Crippen LogP contribution is -2.35. The van der Waals surface area contributed by atoms with Gasteiger partial charge in [0.15, 0.2) is 5.84 Å². The molecule has 0 unspecified atom stereocenters. The van der Waals surface area contributed by atoms with Crippen LogP contribution in [0.3, 0.4) is 0 Å². The van der Waals surface area contributed by atoms with Crippen molar-refractivity contribution in [2.75, 3.05) is 0 Å². The second-order valence-electron chi connectivity index (χ2n) is 7.97. The Hall–Kier alpha value is -3.71. The van der Waals surface area contributed by atoms with E-state index in [4.69, 9.17) is 5.41 Å². The molecule has 2 aliphatic rings. The number of aliphatic imine (C=N–C) groups is 1. The van der Waals surface area contributed by atoms with Gasteiger partial charge in [-0.05, 0) is 67.4 Å². The normalized spacial score (nSPS) is 16.8. The van der Waals surface area contributed by atoms with Gasteiger partial charge in [-0.25, -0.2) is 0 Å². The van der Waals surface area contributed by atoms with E-state index in [1.807, 2.05) is 50.2 Å². The molecule has 0 fully saturated rings. The van der Waals surface area contributed by atoms with Crippen molar-refractivity contribution in [1.82, 2.24) is 9.58 Å². The van der Waals surface area contributed by atoms with Crippen molar-refractivity contribution in [3.8, 4) is 5.69 Å². The van der Waals surface area contributed by atoms with Crippen LogP contribution in [0.25, 0.3) is 11.8 Å². The fourth-order valence-corrected chi connectivity index (χ4v) is 4.95. The van der Waals surface area contributed by atoms with Crippen LogP contribution in [0.15, 0.2) is 76.3 Å². The van der Waals surface area contributed by atoms with Crippen LogP contribution < -0.4 is 0 Å². The number of hydrogen-bond donors (Lipinski definition) is 1. The monoisotopic (exact) mass is 453 g/mol. The van der Waals surface area contributed by atoms with Gasteiger partial charge in [0.05, 0.1) is 5.57 Å². The number of benzene rings is 2. The van der Waals surface area contributed by atoms with Crippen LogP contribution in [-0.2, 0) is 11.2 Å². The summed E-state index contributed by atoms with van der Waals surface area (Å²) in [7, 11) is 0. The highest BCUT2D eigenvalue weighted by atomic mass is 32.2. The Kier molecular flexibility index (Phi) is 5.34. The number of carbonyl (C=O) groups excluding carboxylic acids is 1. The minimum atomic E-state index is -0.416. The Morgan fingerprint density at radius 3 is 2.48 bits per heavy atom. The van der Waals surface area contributed by atoms with Gasteiger partial charge in [-0.15, -0.1) is 0 Å². The number of fused-ring (bicyclic) bond motifs is 1. The topological polar surface area (TPSA) is 73.8 Å². The summed E-state index contributed by atoms with van der Waals surface area (Å²) in [4.78, 5) is 17.1. The first-order valence-electron chi connectivity index (χ1n) is 10.8. The molecule has 5 rings (SSSR count). The van der Waals surface area contributed by atoms with Crippen molar-refractivity contribution >= 4 is 39.8 Å². The van der Waals surface area contributed by atoms with E-state index in [0.29, 0.717) is 5.17 Å². The molecule has 164 valence electrons. The summed E-state index contributed by atoms with van der Waals surface area (Å²) in [5.74, 6) is -0.374. The lowest BCUT2D eigenvalue weighted by atomic mass is 10.1. The summed E-state index contributed by atoms with van der Waals surface area (Å²) in [6.07, 6.45) is 2.75. The molecule has 0 aliphatic carbocycles. The SMILES string of the molecule is CCc1ccc(-n2c(C)cc(/C=C3\C(=N)N4N=C(c5ccccc5)SC4=NC3=O)c2C)cc1. The lowest BCUT2D eigenvalue weighted by molar-refractivity contribution is -0.114. The molecular formula is C26H23N5OS. The van der Waals surface area contributed by atoms with Crippen LogP contribution in [0.4, 0.5) is 0 Å². The molecule has 33 heavy (non-hydrogen) atoms. The molecule has 0 bridgehead atoms. The van der Waals surface area contributed by atoms with E-state index < -0.39 is 5.91 Å². The number of carbonyl (C=O) groups is 1. The predicted molar refractivity (Wildman–Crippen MR) is 135 cm³/mol. The number of aryl methyl sites for hydroxylation is 2. The standard InChI is InChI=1S/C26H23N5OS/c1-4-18-10-12-21(13-11-18)30-16(2)14-20(17(30)3)15-22-23(27)31-26(28-24(22)32)33-25(29-31)19-8-6-5-7-9-19/h5-15,27H,4H2,1-3H3/b22-15+,27-23?. The highest BCUT2D eigenvalue weighted by Gasteiger charge is 2.36. The van der Waals surface area contributed by atoms with E-state index in [9.17, 15) is 4.79 Å². The van der Waals surface area contributed by atoms with Gasteiger partial charge in [0.25, 0.3) is 5.91 Å². The number of thioether (sulfide) groups is 1. The summed E-state index contributed by atoms with van der Waals surface area (Å²) >= 11 is 1.31. The fourth-order valence-electron chi connectivity index (χ4n) is 4.06. The minimum absolute atomic E-state index is 0.0422. The third-order valence-electron chi connectivity index (χ3n) is 5.85. The van der Waals surface area contributed by atoms with Crippen molar-refractivity contribution in [2.45, 2.75) is 27.2 Å². The average Bonchev–Trinajstić information content (AvgIpc) is 3.38. The Balaban J connectivity index is 1.50. The van der Waals surface area contributed by atoms with Gasteiger partial charge < -0.3 is 4.57 Å². The van der Waals surface area contributed by atoms with Gasteiger partial charge in [-0.3, -0.25) is 10.2 Å². The summed E-state index contributed by atoms with van der Waals surface area (Å²) in [6, 6.07) is 20.2. The lowest BCUT2D eigenvalue weighted by Gasteiger charge is -2.20. The van der Waals surface area contributed by atoms with Gasteiger partial charge in [0.2, 0.25) is 5.17 Å². The minimum Gasteiger partial charge on any atom is -0.318 e. The van der Waals surface area contributed by atoms with E-state index >= 15 is 0 Å². The van der Waals surface area contributed by atoms with Crippen LogP contribution in [0.2, 0.25) is 0 Å². The Morgan fingerprint density at radius 2 is 1.79 bits per heavy atom. The third kappa shape index (κ3) is 3.74. The second-order valence-corrected chi connectivity index (χ2v) is 8.93. The van der Waals surface area contributed by atoms with E-state index in [-0.39, 0.29) is 11.4 Å². The number of hydrazone groups is 1. The summed E-state index contributed by atoms with van der Waals surface area (Å²) in [5.41, 5.74) is 6.48. The largest absolute Gasteiger partial charge is 0.318 e. The first-order chi connectivity index (χ1) is 16.0. The molecule has 1 amide bonds. The van der Waals surface area contributed by atoms with E-state index in [1.54, 1.807) is 6.08 Å². The van der Waals surface area contributed by atoms with Crippen molar-refractivity contribution < 1.29 is 4.79 Å².